The minimum atomic E-state index is 0.545. The van der Waals surface area contributed by atoms with E-state index in [4.69, 9.17) is 4.74 Å². The van der Waals surface area contributed by atoms with Crippen LogP contribution < -0.4 is 10.1 Å². The minimum Gasteiger partial charge on any atom is -0.494 e. The van der Waals surface area contributed by atoms with Gasteiger partial charge in [0.25, 0.3) is 0 Å². The highest BCUT2D eigenvalue weighted by atomic mass is 16.5. The van der Waals surface area contributed by atoms with E-state index in [1.807, 2.05) is 30.3 Å². The summed E-state index contributed by atoms with van der Waals surface area (Å²) >= 11 is 0. The van der Waals surface area contributed by atoms with Gasteiger partial charge in [-0.15, -0.1) is 0 Å². The summed E-state index contributed by atoms with van der Waals surface area (Å²) in [5.74, 6) is 0.953. The van der Waals surface area contributed by atoms with E-state index in [-0.39, 0.29) is 0 Å². The minimum absolute atomic E-state index is 0.545. The van der Waals surface area contributed by atoms with Gasteiger partial charge in [-0.25, -0.2) is 0 Å². The van der Waals surface area contributed by atoms with Gasteiger partial charge in [-0.05, 0) is 43.5 Å². The molecule has 21 heavy (non-hydrogen) atoms. The maximum absolute atomic E-state index is 5.70. The van der Waals surface area contributed by atoms with Gasteiger partial charge in [0.1, 0.15) is 5.75 Å². The van der Waals surface area contributed by atoms with Gasteiger partial charge in [0, 0.05) is 6.04 Å². The van der Waals surface area contributed by atoms with Gasteiger partial charge in [0.2, 0.25) is 0 Å². The molecule has 0 amide bonds. The zero-order chi connectivity index (χ0) is 14.8. The Bertz CT molecular complexity index is 483. The SMILES string of the molecule is CCC(Cc1ccccc1)NCCCOc1ccccc1. The predicted octanol–water partition coefficient (Wildman–Crippen LogP) is 4.07. The van der Waals surface area contributed by atoms with E-state index in [1.54, 1.807) is 0 Å². The van der Waals surface area contributed by atoms with Gasteiger partial charge in [0.05, 0.1) is 6.61 Å². The second kappa shape index (κ2) is 9.19. The molecule has 1 atom stereocenters. The van der Waals surface area contributed by atoms with Crippen molar-refractivity contribution in [3.63, 3.8) is 0 Å². The summed E-state index contributed by atoms with van der Waals surface area (Å²) in [5.41, 5.74) is 1.40. The molecular weight excluding hydrogens is 258 g/mol. The highest BCUT2D eigenvalue weighted by molar-refractivity contribution is 5.20. The molecule has 2 heteroatoms. The summed E-state index contributed by atoms with van der Waals surface area (Å²) in [6.07, 6.45) is 3.27. The molecule has 2 aromatic carbocycles. The summed E-state index contributed by atoms with van der Waals surface area (Å²) < 4.78 is 5.70. The van der Waals surface area contributed by atoms with Gasteiger partial charge in [-0.2, -0.15) is 0 Å². The van der Waals surface area contributed by atoms with Crippen molar-refractivity contribution in [2.45, 2.75) is 32.2 Å². The number of hydrogen-bond donors (Lipinski definition) is 1. The zero-order valence-corrected chi connectivity index (χ0v) is 12.8. The van der Waals surface area contributed by atoms with Crippen molar-refractivity contribution >= 4 is 0 Å². The Labute approximate surface area is 128 Å². The highest BCUT2D eigenvalue weighted by Crippen LogP contribution is 2.08. The molecule has 2 nitrogen and oxygen atoms in total. The van der Waals surface area contributed by atoms with Gasteiger partial charge in [-0.1, -0.05) is 55.5 Å². The molecule has 0 bridgehead atoms. The lowest BCUT2D eigenvalue weighted by atomic mass is 10.0. The molecule has 0 aliphatic rings. The van der Waals surface area contributed by atoms with Crippen molar-refractivity contribution in [1.82, 2.24) is 5.32 Å². The molecule has 1 N–H and O–H groups in total. The van der Waals surface area contributed by atoms with Crippen LogP contribution in [-0.2, 0) is 6.42 Å². The highest BCUT2D eigenvalue weighted by Gasteiger charge is 2.06. The normalized spacial score (nSPS) is 12.0. The maximum atomic E-state index is 5.70. The lowest BCUT2D eigenvalue weighted by molar-refractivity contribution is 0.304. The molecule has 112 valence electrons. The second-order valence-corrected chi connectivity index (χ2v) is 5.26. The fraction of sp³-hybridized carbons (Fsp3) is 0.368. The molecular formula is C19H25NO. The van der Waals surface area contributed by atoms with Crippen LogP contribution >= 0.6 is 0 Å². The Morgan fingerprint density at radius 1 is 0.952 bits per heavy atom. The Morgan fingerprint density at radius 2 is 1.62 bits per heavy atom. The molecule has 0 aromatic heterocycles. The van der Waals surface area contributed by atoms with Crippen molar-refractivity contribution in [3.8, 4) is 5.75 Å². The van der Waals surface area contributed by atoms with Crippen LogP contribution in [-0.4, -0.2) is 19.2 Å². The standard InChI is InChI=1S/C19H25NO/c1-2-18(16-17-10-5-3-6-11-17)20-14-9-15-21-19-12-7-4-8-13-19/h3-8,10-13,18,20H,2,9,14-16H2,1H3. The van der Waals surface area contributed by atoms with Gasteiger partial charge in [-0.3, -0.25) is 0 Å². The average Bonchev–Trinajstić information content (AvgIpc) is 2.55. The fourth-order valence-corrected chi connectivity index (χ4v) is 2.34. The first-order valence-corrected chi connectivity index (χ1v) is 7.83. The molecule has 2 rings (SSSR count). The van der Waals surface area contributed by atoms with Gasteiger partial charge >= 0.3 is 0 Å². The molecule has 0 heterocycles. The van der Waals surface area contributed by atoms with Crippen molar-refractivity contribution in [2.24, 2.45) is 0 Å². The Balaban J connectivity index is 1.62. The first kappa shape index (κ1) is 15.6. The Kier molecular flexibility index (Phi) is 6.82. The third-order valence-corrected chi connectivity index (χ3v) is 3.58. The molecule has 2 aromatic rings. The van der Waals surface area contributed by atoms with E-state index in [9.17, 15) is 0 Å². The largest absolute Gasteiger partial charge is 0.494 e. The topological polar surface area (TPSA) is 21.3 Å². The number of ether oxygens (including phenoxy) is 1. The molecule has 0 fully saturated rings. The van der Waals surface area contributed by atoms with Crippen LogP contribution in [0.25, 0.3) is 0 Å². The fourth-order valence-electron chi connectivity index (χ4n) is 2.34. The van der Waals surface area contributed by atoms with Crippen LogP contribution in [0.1, 0.15) is 25.3 Å². The molecule has 0 aliphatic heterocycles. The molecule has 0 saturated heterocycles. The lowest BCUT2D eigenvalue weighted by Crippen LogP contribution is -2.32. The van der Waals surface area contributed by atoms with E-state index in [0.717, 1.165) is 38.2 Å². The quantitative estimate of drug-likeness (QED) is 0.701. The third-order valence-electron chi connectivity index (χ3n) is 3.58. The van der Waals surface area contributed by atoms with Crippen LogP contribution in [0.3, 0.4) is 0 Å². The maximum Gasteiger partial charge on any atom is 0.119 e. The van der Waals surface area contributed by atoms with E-state index in [1.165, 1.54) is 5.56 Å². The van der Waals surface area contributed by atoms with Crippen molar-refractivity contribution in [2.75, 3.05) is 13.2 Å². The number of para-hydroxylation sites is 1. The molecule has 0 radical (unpaired) electrons. The average molecular weight is 283 g/mol. The summed E-state index contributed by atoms with van der Waals surface area (Å²) in [6.45, 7) is 4.00. The van der Waals surface area contributed by atoms with Crippen LogP contribution in [0.5, 0.6) is 5.75 Å². The number of benzene rings is 2. The van der Waals surface area contributed by atoms with Crippen LogP contribution in [0.2, 0.25) is 0 Å². The first-order chi connectivity index (χ1) is 10.4. The van der Waals surface area contributed by atoms with E-state index >= 15 is 0 Å². The van der Waals surface area contributed by atoms with Crippen LogP contribution in [0.15, 0.2) is 60.7 Å². The Morgan fingerprint density at radius 3 is 2.29 bits per heavy atom. The zero-order valence-electron chi connectivity index (χ0n) is 12.8. The van der Waals surface area contributed by atoms with Crippen molar-refractivity contribution in [1.29, 1.82) is 0 Å². The smallest absolute Gasteiger partial charge is 0.119 e. The van der Waals surface area contributed by atoms with E-state index in [0.29, 0.717) is 6.04 Å². The molecule has 0 spiro atoms. The summed E-state index contributed by atoms with van der Waals surface area (Å²) in [7, 11) is 0. The first-order valence-electron chi connectivity index (χ1n) is 7.83. The van der Waals surface area contributed by atoms with E-state index in [2.05, 4.69) is 42.6 Å². The second-order valence-electron chi connectivity index (χ2n) is 5.26. The van der Waals surface area contributed by atoms with Gasteiger partial charge < -0.3 is 10.1 Å². The Hall–Kier alpha value is -1.80. The molecule has 1 unspecified atom stereocenters. The van der Waals surface area contributed by atoms with Crippen LogP contribution in [0.4, 0.5) is 0 Å². The van der Waals surface area contributed by atoms with Crippen LogP contribution in [0, 0.1) is 0 Å². The monoisotopic (exact) mass is 283 g/mol. The van der Waals surface area contributed by atoms with Crippen molar-refractivity contribution in [3.05, 3.63) is 66.2 Å². The summed E-state index contributed by atoms with van der Waals surface area (Å²) in [4.78, 5) is 0. The third kappa shape index (κ3) is 6.01. The molecule has 0 saturated carbocycles. The molecule has 0 aliphatic carbocycles. The number of rotatable bonds is 9. The number of nitrogens with one attached hydrogen (secondary N) is 1. The predicted molar refractivity (Wildman–Crippen MR) is 88.8 cm³/mol. The summed E-state index contributed by atoms with van der Waals surface area (Å²) in [6, 6.07) is 21.2. The lowest BCUT2D eigenvalue weighted by Gasteiger charge is -2.17. The number of hydrogen-bond acceptors (Lipinski definition) is 2. The van der Waals surface area contributed by atoms with Crippen molar-refractivity contribution < 1.29 is 4.74 Å². The van der Waals surface area contributed by atoms with E-state index < -0.39 is 0 Å². The summed E-state index contributed by atoms with van der Waals surface area (Å²) in [5, 5.41) is 3.62. The van der Waals surface area contributed by atoms with Gasteiger partial charge in [0.15, 0.2) is 0 Å².